The van der Waals surface area contributed by atoms with E-state index in [1.54, 1.807) is 20.0 Å². The van der Waals surface area contributed by atoms with E-state index in [9.17, 15) is 13.2 Å². The summed E-state index contributed by atoms with van der Waals surface area (Å²) in [7, 11) is -3.55. The van der Waals surface area contributed by atoms with Crippen LogP contribution in [0, 0.1) is 0 Å². The van der Waals surface area contributed by atoms with Crippen LogP contribution in [-0.2, 0) is 21.4 Å². The Morgan fingerprint density at radius 3 is 2.36 bits per heavy atom. The maximum Gasteiger partial charge on any atom is 0.338 e. The first-order valence-corrected chi connectivity index (χ1v) is 10.5. The molecule has 146 valence electrons. The fourth-order valence-corrected chi connectivity index (χ4v) is 4.44. The van der Waals surface area contributed by atoms with Crippen molar-refractivity contribution < 1.29 is 17.9 Å². The number of hydrogen-bond acceptors (Lipinski definition) is 5. The Morgan fingerprint density at radius 2 is 1.68 bits per heavy atom. The van der Waals surface area contributed by atoms with Crippen molar-refractivity contribution in [3.05, 3.63) is 71.9 Å². The second-order valence-corrected chi connectivity index (χ2v) is 8.12. The molecule has 0 fully saturated rings. The second kappa shape index (κ2) is 8.50. The first-order valence-electron chi connectivity index (χ1n) is 9.07. The predicted molar refractivity (Wildman–Crippen MR) is 107 cm³/mol. The van der Waals surface area contributed by atoms with Gasteiger partial charge < -0.3 is 4.74 Å². The molecule has 0 unspecified atom stereocenters. The highest BCUT2D eigenvalue weighted by molar-refractivity contribution is 7.89. The third-order valence-electron chi connectivity index (χ3n) is 4.51. The van der Waals surface area contributed by atoms with E-state index in [2.05, 4.69) is 4.98 Å². The van der Waals surface area contributed by atoms with Crippen LogP contribution in [0.3, 0.4) is 0 Å². The summed E-state index contributed by atoms with van der Waals surface area (Å²) in [6.45, 7) is 4.44. The number of hydrogen-bond donors (Lipinski definition) is 0. The molecular weight excluding hydrogens is 376 g/mol. The number of sulfonamides is 1. The van der Waals surface area contributed by atoms with Gasteiger partial charge >= 0.3 is 5.97 Å². The predicted octanol–water partition coefficient (Wildman–Crippen LogP) is 3.62. The highest BCUT2D eigenvalue weighted by Crippen LogP contribution is 2.19. The molecule has 3 aromatic rings. The Labute approximate surface area is 164 Å². The standard InChI is InChI=1S/C21H22N2O4S/c1-3-23(4-2)28(25,26)19-12-10-17(11-13-19)21(24)27-15-18-8-5-7-16-9-6-14-22-20(16)18/h5-14H,3-4,15H2,1-2H3. The highest BCUT2D eigenvalue weighted by Gasteiger charge is 2.21. The second-order valence-electron chi connectivity index (χ2n) is 6.18. The Balaban J connectivity index is 1.73. The van der Waals surface area contributed by atoms with Crippen LogP contribution in [0.1, 0.15) is 29.8 Å². The molecule has 1 heterocycles. The summed E-state index contributed by atoms with van der Waals surface area (Å²) >= 11 is 0. The fourth-order valence-electron chi connectivity index (χ4n) is 2.99. The summed E-state index contributed by atoms with van der Waals surface area (Å²) in [4.78, 5) is 16.9. The van der Waals surface area contributed by atoms with Crippen molar-refractivity contribution in [3.8, 4) is 0 Å². The maximum absolute atomic E-state index is 12.5. The van der Waals surface area contributed by atoms with Crippen molar-refractivity contribution in [3.63, 3.8) is 0 Å². The molecule has 0 spiro atoms. The molecule has 0 radical (unpaired) electrons. The molecule has 0 saturated heterocycles. The first kappa shape index (κ1) is 20.0. The van der Waals surface area contributed by atoms with Crippen LogP contribution in [0.5, 0.6) is 0 Å². The van der Waals surface area contributed by atoms with Crippen molar-refractivity contribution in [1.29, 1.82) is 0 Å². The van der Waals surface area contributed by atoms with Gasteiger partial charge in [-0.2, -0.15) is 4.31 Å². The lowest BCUT2D eigenvalue weighted by Crippen LogP contribution is -2.30. The third kappa shape index (κ3) is 4.05. The molecule has 0 aliphatic heterocycles. The molecule has 6 nitrogen and oxygen atoms in total. The van der Waals surface area contributed by atoms with Gasteiger partial charge in [0.05, 0.1) is 16.0 Å². The maximum atomic E-state index is 12.5. The molecule has 0 atom stereocenters. The quantitative estimate of drug-likeness (QED) is 0.568. The largest absolute Gasteiger partial charge is 0.457 e. The Morgan fingerprint density at radius 1 is 1.00 bits per heavy atom. The van der Waals surface area contributed by atoms with Gasteiger partial charge in [0.2, 0.25) is 10.0 Å². The van der Waals surface area contributed by atoms with E-state index >= 15 is 0 Å². The van der Waals surface area contributed by atoms with Crippen LogP contribution in [-0.4, -0.2) is 36.8 Å². The minimum atomic E-state index is -3.55. The van der Waals surface area contributed by atoms with Gasteiger partial charge in [0.25, 0.3) is 0 Å². The fraction of sp³-hybridized carbons (Fsp3) is 0.238. The smallest absolute Gasteiger partial charge is 0.338 e. The number of ether oxygens (including phenoxy) is 1. The van der Waals surface area contributed by atoms with Crippen LogP contribution < -0.4 is 0 Å². The van der Waals surface area contributed by atoms with Crippen LogP contribution >= 0.6 is 0 Å². The number of carbonyl (C=O) groups excluding carboxylic acids is 1. The van der Waals surface area contributed by atoms with E-state index in [-0.39, 0.29) is 11.5 Å². The van der Waals surface area contributed by atoms with Gasteiger partial charge in [-0.15, -0.1) is 0 Å². The summed E-state index contributed by atoms with van der Waals surface area (Å²) < 4.78 is 31.8. The van der Waals surface area contributed by atoms with Crippen LogP contribution in [0.15, 0.2) is 65.7 Å². The topological polar surface area (TPSA) is 76.6 Å². The molecule has 28 heavy (non-hydrogen) atoms. The van der Waals surface area contributed by atoms with Crippen LogP contribution in [0.2, 0.25) is 0 Å². The van der Waals surface area contributed by atoms with Gasteiger partial charge in [0, 0.05) is 30.2 Å². The van der Waals surface area contributed by atoms with Crippen molar-refractivity contribution in [1.82, 2.24) is 9.29 Å². The zero-order valence-electron chi connectivity index (χ0n) is 15.8. The van der Waals surface area contributed by atoms with E-state index in [0.29, 0.717) is 18.7 Å². The summed E-state index contributed by atoms with van der Waals surface area (Å²) in [5, 5.41) is 0.974. The van der Waals surface area contributed by atoms with E-state index in [1.165, 1.54) is 28.6 Å². The average molecular weight is 398 g/mol. The normalized spacial score (nSPS) is 11.7. The number of nitrogens with zero attached hydrogens (tertiary/aromatic N) is 2. The minimum absolute atomic E-state index is 0.0900. The Kier molecular flexibility index (Phi) is 6.06. The van der Waals surface area contributed by atoms with E-state index < -0.39 is 16.0 Å². The first-order chi connectivity index (χ1) is 13.5. The highest BCUT2D eigenvalue weighted by atomic mass is 32.2. The molecule has 0 saturated carbocycles. The zero-order chi connectivity index (χ0) is 20.1. The number of fused-ring (bicyclic) bond motifs is 1. The number of carbonyl (C=O) groups is 1. The molecule has 0 aliphatic carbocycles. The van der Waals surface area contributed by atoms with E-state index in [0.717, 1.165) is 16.5 Å². The number of aromatic nitrogens is 1. The van der Waals surface area contributed by atoms with Gasteiger partial charge in [0.1, 0.15) is 6.61 Å². The van der Waals surface area contributed by atoms with Crippen molar-refractivity contribution >= 4 is 26.9 Å². The Bertz CT molecular complexity index is 1070. The lowest BCUT2D eigenvalue weighted by molar-refractivity contribution is 0.0474. The minimum Gasteiger partial charge on any atom is -0.457 e. The summed E-state index contributed by atoms with van der Waals surface area (Å²) in [6.07, 6.45) is 1.70. The molecule has 2 aromatic carbocycles. The van der Waals surface area contributed by atoms with Crippen molar-refractivity contribution in [2.75, 3.05) is 13.1 Å². The molecule has 1 aromatic heterocycles. The molecule has 0 amide bonds. The van der Waals surface area contributed by atoms with Crippen LogP contribution in [0.25, 0.3) is 10.9 Å². The SMILES string of the molecule is CCN(CC)S(=O)(=O)c1ccc(C(=O)OCc2cccc3cccnc23)cc1. The number of benzene rings is 2. The molecule has 0 bridgehead atoms. The number of esters is 1. The van der Waals surface area contributed by atoms with Gasteiger partial charge in [-0.1, -0.05) is 38.1 Å². The molecule has 0 aliphatic rings. The molecule has 0 N–H and O–H groups in total. The van der Waals surface area contributed by atoms with Gasteiger partial charge in [0.15, 0.2) is 0 Å². The monoisotopic (exact) mass is 398 g/mol. The van der Waals surface area contributed by atoms with Crippen LogP contribution in [0.4, 0.5) is 0 Å². The lowest BCUT2D eigenvalue weighted by atomic mass is 10.1. The van der Waals surface area contributed by atoms with E-state index in [1.807, 2.05) is 30.3 Å². The Hall–Kier alpha value is -2.77. The van der Waals surface area contributed by atoms with Crippen molar-refractivity contribution in [2.24, 2.45) is 0 Å². The zero-order valence-corrected chi connectivity index (χ0v) is 16.6. The van der Waals surface area contributed by atoms with Gasteiger partial charge in [-0.25, -0.2) is 13.2 Å². The van der Waals surface area contributed by atoms with Gasteiger partial charge in [-0.05, 0) is 30.3 Å². The average Bonchev–Trinajstić information content (AvgIpc) is 2.72. The molecule has 7 heteroatoms. The summed E-state index contributed by atoms with van der Waals surface area (Å²) in [5.41, 5.74) is 1.90. The molecular formula is C21H22N2O4S. The third-order valence-corrected chi connectivity index (χ3v) is 6.57. The van der Waals surface area contributed by atoms with E-state index in [4.69, 9.17) is 4.74 Å². The molecule has 3 rings (SSSR count). The van der Waals surface area contributed by atoms with Gasteiger partial charge in [-0.3, -0.25) is 4.98 Å². The lowest BCUT2D eigenvalue weighted by Gasteiger charge is -2.18. The number of rotatable bonds is 7. The van der Waals surface area contributed by atoms with Crippen molar-refractivity contribution in [2.45, 2.75) is 25.3 Å². The number of pyridine rings is 1. The number of para-hydroxylation sites is 1. The summed E-state index contributed by atoms with van der Waals surface area (Å²) in [5.74, 6) is -0.514. The summed E-state index contributed by atoms with van der Waals surface area (Å²) in [6, 6.07) is 15.3.